The van der Waals surface area contributed by atoms with Crippen molar-refractivity contribution in [2.45, 2.75) is 237 Å². The number of methoxy groups -OCH3 is 4. The lowest BCUT2D eigenvalue weighted by Crippen LogP contribution is -2.43. The predicted octanol–water partition coefficient (Wildman–Crippen LogP) is 17.2. The Labute approximate surface area is 666 Å². The van der Waals surface area contributed by atoms with Crippen LogP contribution in [0.25, 0.3) is 0 Å². The topological polar surface area (TPSA) is 279 Å². The Morgan fingerprint density at radius 1 is 0.295 bits per heavy atom. The van der Waals surface area contributed by atoms with Crippen LogP contribution in [0.4, 0.5) is 0 Å². The Hall–Kier alpha value is -6.24. The van der Waals surface area contributed by atoms with Crippen molar-refractivity contribution in [1.82, 2.24) is 0 Å². The van der Waals surface area contributed by atoms with Gasteiger partial charge in [0, 0.05) is 118 Å². The largest absolute Gasteiger partial charge is 0.496 e. The van der Waals surface area contributed by atoms with Gasteiger partial charge in [-0.3, -0.25) is 19.2 Å². The number of carbonyl (C=O) groups is 4. The van der Waals surface area contributed by atoms with Gasteiger partial charge in [-0.2, -0.15) is 33.7 Å². The molecule has 24 heteroatoms. The molecule has 4 aromatic rings. The number of rotatable bonds is 28. The van der Waals surface area contributed by atoms with Crippen molar-refractivity contribution in [3.8, 4) is 46.0 Å². The summed E-state index contributed by atoms with van der Waals surface area (Å²) in [6, 6.07) is 13.5. The van der Waals surface area contributed by atoms with E-state index >= 15 is 33.7 Å². The van der Waals surface area contributed by atoms with Crippen LogP contribution in [0.5, 0.6) is 46.0 Å². The maximum atomic E-state index is 15.6. The molecule has 13 rings (SSSR count). The highest BCUT2D eigenvalue weighted by atomic mass is 32.2. The summed E-state index contributed by atoms with van der Waals surface area (Å²) in [6.45, 7) is 31.8. The van der Waals surface area contributed by atoms with Gasteiger partial charge >= 0.3 is 40.5 Å². The highest BCUT2D eigenvalue weighted by molar-refractivity contribution is 7.88. The van der Waals surface area contributed by atoms with E-state index < -0.39 is 130 Å². The van der Waals surface area contributed by atoms with E-state index in [0.29, 0.717) is 95.9 Å². The quantitative estimate of drug-likeness (QED) is 0.0478. The third-order valence-electron chi connectivity index (χ3n) is 30.4. The van der Waals surface area contributed by atoms with Crippen molar-refractivity contribution in [3.63, 3.8) is 0 Å². The van der Waals surface area contributed by atoms with Crippen molar-refractivity contribution >= 4 is 63.6 Å². The molecule has 4 aromatic carbocycles. The molecule has 0 radical (unpaired) electrons. The van der Waals surface area contributed by atoms with E-state index in [4.69, 9.17) is 35.7 Å². The van der Waals surface area contributed by atoms with Crippen LogP contribution < -0.4 is 35.7 Å². The van der Waals surface area contributed by atoms with Gasteiger partial charge in [0.2, 0.25) is 0 Å². The zero-order valence-electron chi connectivity index (χ0n) is 69.5. The lowest BCUT2D eigenvalue weighted by atomic mass is 9.70. The number of ether oxygens (including phenoxy) is 4. The molecule has 0 heterocycles. The summed E-state index contributed by atoms with van der Waals surface area (Å²) in [6.07, 6.45) is 6.01. The number of benzene rings is 4. The molecule has 9 aliphatic rings. The summed E-state index contributed by atoms with van der Waals surface area (Å²) in [5, 5.41) is 0. The molecule has 616 valence electrons. The molecule has 0 saturated heterocycles. The number of ketones is 4. The van der Waals surface area contributed by atoms with Crippen LogP contribution in [0.2, 0.25) is 0 Å². The van der Waals surface area contributed by atoms with E-state index in [-0.39, 0.29) is 168 Å². The molecular weight excluding hydrogens is 1510 g/mol. The summed E-state index contributed by atoms with van der Waals surface area (Å²) in [4.78, 5) is 57.3. The van der Waals surface area contributed by atoms with E-state index in [1.54, 1.807) is 24.3 Å². The molecule has 112 heavy (non-hydrogen) atoms. The average molecular weight is 1630 g/mol. The molecule has 8 saturated carbocycles. The van der Waals surface area contributed by atoms with E-state index in [1.807, 2.05) is 135 Å². The second kappa shape index (κ2) is 28.8. The maximum Gasteiger partial charge on any atom is 0.310 e. The Balaban J connectivity index is 1.14. The molecule has 0 N–H and O–H groups in total. The molecule has 0 aliphatic heterocycles. The van der Waals surface area contributed by atoms with Gasteiger partial charge < -0.3 is 35.7 Å². The van der Waals surface area contributed by atoms with E-state index in [1.165, 1.54) is 28.4 Å². The van der Waals surface area contributed by atoms with Crippen LogP contribution in [0.1, 0.15) is 282 Å². The number of hydrogen-bond acceptors (Lipinski definition) is 20. The molecule has 9 aliphatic carbocycles. The second-order valence-electron chi connectivity index (χ2n) is 39.1. The molecule has 12 atom stereocenters. The van der Waals surface area contributed by atoms with Gasteiger partial charge in [0.1, 0.15) is 69.1 Å². The number of carbonyl (C=O) groups excluding carboxylic acids is 4. The summed E-state index contributed by atoms with van der Waals surface area (Å²) < 4.78 is 178. The Kier molecular flexibility index (Phi) is 21.6. The molecule has 0 spiro atoms. The van der Waals surface area contributed by atoms with Gasteiger partial charge in [0.05, 0.1) is 73.1 Å². The number of Topliss-reactive ketones (excluding diaryl/α,β-unsaturated/α-hetero) is 4. The monoisotopic (exact) mass is 1620 g/mol. The normalized spacial score (nSPS) is 29.9. The Morgan fingerprint density at radius 3 is 0.598 bits per heavy atom. The van der Waals surface area contributed by atoms with Gasteiger partial charge in [-0.25, -0.2) is 0 Å². The van der Waals surface area contributed by atoms with Crippen LogP contribution in [-0.4, -0.2) is 108 Å². The van der Waals surface area contributed by atoms with E-state index in [2.05, 4.69) is 0 Å². The van der Waals surface area contributed by atoms with Gasteiger partial charge in [-0.1, -0.05) is 111 Å². The van der Waals surface area contributed by atoms with E-state index in [0.717, 1.165) is 0 Å². The van der Waals surface area contributed by atoms with Gasteiger partial charge in [-0.15, -0.1) is 0 Å². The fourth-order valence-electron chi connectivity index (χ4n) is 23.4. The first-order valence-corrected chi connectivity index (χ1v) is 47.0. The minimum atomic E-state index is -4.74. The van der Waals surface area contributed by atoms with Gasteiger partial charge in [-0.05, 0) is 170 Å². The number of hydrogen-bond donors (Lipinski definition) is 0. The van der Waals surface area contributed by atoms with Gasteiger partial charge in [0.15, 0.2) is 0 Å². The van der Waals surface area contributed by atoms with Crippen LogP contribution in [0.15, 0.2) is 48.5 Å². The average Bonchev–Trinajstić information content (AvgIpc) is 1.56. The molecule has 20 nitrogen and oxygen atoms in total. The van der Waals surface area contributed by atoms with Gasteiger partial charge in [0.25, 0.3) is 0 Å². The molecule has 8 fully saturated rings. The Bertz CT molecular complexity index is 4340. The minimum absolute atomic E-state index is 0.0283. The number of fused-ring (bicyclic) bond motifs is 16. The van der Waals surface area contributed by atoms with Crippen LogP contribution in [0.3, 0.4) is 0 Å². The Morgan fingerprint density at radius 2 is 0.464 bits per heavy atom. The third-order valence-corrected chi connectivity index (χ3v) is 35.5. The highest BCUT2D eigenvalue weighted by Crippen LogP contribution is 2.69. The SMILES string of the molecule is COc1cc(OS(=O)(=O)CC23CCC(CC2=O)C3(C)C)c2cc1C(CC(C)C)c1cc(c(OC)cc1OS(=O)(=O)CC13CCC(CC1=O)C3(C)C)C(CC(C)C)c1cc(c(OC)cc1OS(=O)(=O)CC13CCC(CC1=O)C3(C)C)C(CC(C)C)c1cc(c(OC)cc1OS(=O)(=O)CC13CCC(CC1=O)C3(C)C)C2CC(C)C. The van der Waals surface area contributed by atoms with Crippen molar-refractivity contribution in [1.29, 1.82) is 0 Å². The molecular formula is C88H120O20S4. The fraction of sp³-hybridized carbons (Fsp3) is 0.682. The first kappa shape index (κ1) is 83.7. The predicted molar refractivity (Wildman–Crippen MR) is 429 cm³/mol. The summed E-state index contributed by atoms with van der Waals surface area (Å²) in [5.74, 6) is -7.76. The van der Waals surface area contributed by atoms with E-state index in [9.17, 15) is 19.2 Å². The summed E-state index contributed by atoms with van der Waals surface area (Å²) in [7, 11) is -13.2. The lowest BCUT2D eigenvalue weighted by molar-refractivity contribution is -0.128. The summed E-state index contributed by atoms with van der Waals surface area (Å²) >= 11 is 0. The minimum Gasteiger partial charge on any atom is -0.496 e. The van der Waals surface area contributed by atoms with Crippen molar-refractivity contribution in [2.75, 3.05) is 51.5 Å². The highest BCUT2D eigenvalue weighted by Gasteiger charge is 2.69. The first-order valence-electron chi connectivity index (χ1n) is 40.7. The molecule has 0 amide bonds. The lowest BCUT2D eigenvalue weighted by Gasteiger charge is -2.36. The smallest absolute Gasteiger partial charge is 0.310 e. The first-order chi connectivity index (χ1) is 52.0. The van der Waals surface area contributed by atoms with Crippen LogP contribution >= 0.6 is 0 Å². The zero-order chi connectivity index (χ0) is 81.9. The summed E-state index contributed by atoms with van der Waals surface area (Å²) in [5.41, 5.74) is -4.78. The van der Waals surface area contributed by atoms with Crippen molar-refractivity contribution in [2.24, 2.45) is 90.7 Å². The van der Waals surface area contributed by atoms with Crippen molar-refractivity contribution in [3.05, 3.63) is 93.0 Å². The third kappa shape index (κ3) is 13.8. The molecule has 0 aromatic heterocycles. The zero-order valence-corrected chi connectivity index (χ0v) is 72.8. The standard InChI is InChI=1S/C88H120O20S4/c1-49(2)29-57-61-37-66(74(41-69(61)101-17)106-110(95,96)46-86-26-22-54(34-78(86)90)82(86,11)12)59(31-51(5)6)63-39-68(76(43-71(63)103-19)108-112(99,100)48-88-28-24-56(36-80(88)92)84(88,15)16)60(32-52(7)8)64-40-67(75(44-72(64)104-20)107-111(97,98)47-87-27-23-55(35-79(87)91)83(87,13)14)58(30-50(3)4)62-38-65(57)73(42-70(62)102-18)105-109(93,94)45-85-25-21-53(33-77(85)89)81(85,9)10/h37-44,49-60H,21-36,45-48H2,1-20H3. The second-order valence-corrected chi connectivity index (χ2v) is 45.3. The van der Waals surface area contributed by atoms with Crippen LogP contribution in [-0.2, 0) is 59.7 Å². The maximum absolute atomic E-state index is 15.6. The molecule has 12 unspecified atom stereocenters. The fourth-order valence-corrected chi connectivity index (χ4v) is 30.5. The van der Waals surface area contributed by atoms with Crippen molar-refractivity contribution < 1.29 is 88.5 Å². The van der Waals surface area contributed by atoms with Crippen LogP contribution in [0, 0.1) is 90.7 Å². The molecule has 16 bridgehead atoms.